The van der Waals surface area contributed by atoms with E-state index in [-0.39, 0.29) is 40.9 Å². The van der Waals surface area contributed by atoms with Crippen molar-refractivity contribution in [1.82, 2.24) is 28.6 Å². The minimum absolute atomic E-state index is 0. The Morgan fingerprint density at radius 3 is 2.44 bits per heavy atom. The van der Waals surface area contributed by atoms with E-state index in [9.17, 15) is 22.8 Å². The van der Waals surface area contributed by atoms with E-state index in [0.29, 0.717) is 28.4 Å². The molecule has 0 aliphatic heterocycles. The fraction of sp³-hybridized carbons (Fsp3) is 0.381. The zero-order valence-corrected chi connectivity index (χ0v) is 22.8. The normalized spacial score (nSPS) is 11.8. The van der Waals surface area contributed by atoms with E-state index >= 15 is 0 Å². The molecule has 4 rings (SSSR count). The number of hydrogen-bond donors (Lipinski definition) is 0. The van der Waals surface area contributed by atoms with Crippen molar-refractivity contribution >= 4 is 66.0 Å². The standard InChI is InChI=1S/C21H25N7O5S2.ClH/c1-24(2)9-10-28(20-23-16-13(34-20)7-6-8-14(16)35(5,32)33)15(29)11-27-12-22-18-17(27)19(30)26(4)21(31)25(18)3;/h6-8,12H,9-11H2,1-5H3;1H. The van der Waals surface area contributed by atoms with Crippen molar-refractivity contribution in [3.63, 3.8) is 0 Å². The molecule has 36 heavy (non-hydrogen) atoms. The summed E-state index contributed by atoms with van der Waals surface area (Å²) in [5, 5.41) is 0.354. The second-order valence-corrected chi connectivity index (χ2v) is 11.5. The number of rotatable bonds is 7. The average Bonchev–Trinajstić information content (AvgIpc) is 3.39. The van der Waals surface area contributed by atoms with Crippen LogP contribution >= 0.6 is 23.7 Å². The summed E-state index contributed by atoms with van der Waals surface area (Å²) in [7, 11) is 3.10. The van der Waals surface area contributed by atoms with Crippen LogP contribution in [0.15, 0.2) is 39.0 Å². The first kappa shape index (κ1) is 27.5. The van der Waals surface area contributed by atoms with E-state index < -0.39 is 21.1 Å². The summed E-state index contributed by atoms with van der Waals surface area (Å²) in [6.07, 6.45) is 2.47. The number of aromatic nitrogens is 5. The number of nitrogens with zero attached hydrogens (tertiary/aromatic N) is 7. The highest BCUT2D eigenvalue weighted by atomic mass is 35.5. The van der Waals surface area contributed by atoms with Crippen molar-refractivity contribution in [2.45, 2.75) is 11.4 Å². The molecule has 0 unspecified atom stereocenters. The topological polar surface area (TPSA) is 132 Å². The maximum Gasteiger partial charge on any atom is 0.332 e. The van der Waals surface area contributed by atoms with Crippen molar-refractivity contribution in [3.05, 3.63) is 45.4 Å². The van der Waals surface area contributed by atoms with Crippen molar-refractivity contribution in [2.24, 2.45) is 14.1 Å². The quantitative estimate of drug-likeness (QED) is 0.321. The molecule has 3 heterocycles. The first-order valence-corrected chi connectivity index (χ1v) is 13.3. The molecule has 0 N–H and O–H groups in total. The minimum Gasteiger partial charge on any atom is -0.315 e. The monoisotopic (exact) mass is 555 g/mol. The number of benzene rings is 1. The van der Waals surface area contributed by atoms with Crippen LogP contribution in [0.5, 0.6) is 0 Å². The van der Waals surface area contributed by atoms with Gasteiger partial charge in [-0.05, 0) is 26.2 Å². The van der Waals surface area contributed by atoms with Crippen LogP contribution in [0.2, 0.25) is 0 Å². The van der Waals surface area contributed by atoms with Gasteiger partial charge in [0.05, 0.1) is 15.9 Å². The number of imidazole rings is 1. The molecule has 194 valence electrons. The molecule has 0 spiro atoms. The summed E-state index contributed by atoms with van der Waals surface area (Å²) in [4.78, 5) is 50.6. The summed E-state index contributed by atoms with van der Waals surface area (Å²) in [6.45, 7) is 0.608. The number of aryl methyl sites for hydroxylation is 1. The largest absolute Gasteiger partial charge is 0.332 e. The SMILES string of the molecule is CN(C)CCN(C(=O)Cn1cnc2c1c(=O)n(C)c(=O)n2C)c1nc2c(S(C)(=O)=O)cccc2s1.Cl. The van der Waals surface area contributed by atoms with Gasteiger partial charge in [0.2, 0.25) is 5.91 Å². The summed E-state index contributed by atoms with van der Waals surface area (Å²) in [6, 6.07) is 4.89. The van der Waals surface area contributed by atoms with Gasteiger partial charge in [-0.3, -0.25) is 23.6 Å². The number of thiazole rings is 1. The summed E-state index contributed by atoms with van der Waals surface area (Å²) in [5.74, 6) is -0.359. The van der Waals surface area contributed by atoms with E-state index in [2.05, 4.69) is 9.97 Å². The summed E-state index contributed by atoms with van der Waals surface area (Å²) < 4.78 is 28.7. The van der Waals surface area contributed by atoms with E-state index in [1.807, 2.05) is 19.0 Å². The molecule has 0 fully saturated rings. The Hall–Kier alpha value is -3.07. The van der Waals surface area contributed by atoms with Crippen molar-refractivity contribution in [2.75, 3.05) is 38.3 Å². The lowest BCUT2D eigenvalue weighted by Crippen LogP contribution is -2.40. The Balaban J connectivity index is 0.00000361. The highest BCUT2D eigenvalue weighted by Gasteiger charge is 2.24. The van der Waals surface area contributed by atoms with Crippen molar-refractivity contribution < 1.29 is 13.2 Å². The molecule has 0 aliphatic carbocycles. The lowest BCUT2D eigenvalue weighted by atomic mass is 10.3. The third kappa shape index (κ3) is 4.93. The van der Waals surface area contributed by atoms with Crippen molar-refractivity contribution in [3.8, 4) is 0 Å². The first-order valence-electron chi connectivity index (χ1n) is 10.6. The van der Waals surface area contributed by atoms with E-state index in [1.165, 1.54) is 51.9 Å². The van der Waals surface area contributed by atoms with E-state index in [0.717, 1.165) is 10.8 Å². The summed E-state index contributed by atoms with van der Waals surface area (Å²) >= 11 is 1.22. The smallest absolute Gasteiger partial charge is 0.315 e. The number of hydrogen-bond acceptors (Lipinski definition) is 9. The molecule has 0 saturated heterocycles. The van der Waals surface area contributed by atoms with Crippen molar-refractivity contribution in [1.29, 1.82) is 0 Å². The molecular weight excluding hydrogens is 530 g/mol. The number of anilines is 1. The number of amides is 1. The predicted octanol–water partition coefficient (Wildman–Crippen LogP) is 0.463. The van der Waals surface area contributed by atoms with E-state index in [1.54, 1.807) is 12.1 Å². The zero-order valence-electron chi connectivity index (χ0n) is 20.3. The van der Waals surface area contributed by atoms with E-state index in [4.69, 9.17) is 0 Å². The van der Waals surface area contributed by atoms with Gasteiger partial charge in [-0.1, -0.05) is 17.4 Å². The fourth-order valence-electron chi connectivity index (χ4n) is 3.70. The molecule has 0 aliphatic rings. The van der Waals surface area contributed by atoms with Crippen LogP contribution < -0.4 is 16.1 Å². The van der Waals surface area contributed by atoms with Gasteiger partial charge in [-0.15, -0.1) is 12.4 Å². The number of halogens is 1. The Labute approximate surface area is 216 Å². The molecule has 15 heteroatoms. The van der Waals surface area contributed by atoms with Gasteiger partial charge in [-0.2, -0.15) is 0 Å². The van der Waals surface area contributed by atoms with Crippen LogP contribution in [0.3, 0.4) is 0 Å². The number of carbonyl (C=O) groups excluding carboxylic acids is 1. The molecule has 0 saturated carbocycles. The lowest BCUT2D eigenvalue weighted by molar-refractivity contribution is -0.119. The molecule has 1 aromatic carbocycles. The van der Waals surface area contributed by atoms with Gasteiger partial charge < -0.3 is 9.47 Å². The Bertz CT molecular complexity index is 1680. The molecule has 0 atom stereocenters. The Morgan fingerprint density at radius 2 is 1.81 bits per heavy atom. The van der Waals surface area contributed by atoms with Gasteiger partial charge >= 0.3 is 5.69 Å². The van der Waals surface area contributed by atoms with Gasteiger partial charge in [0.25, 0.3) is 5.56 Å². The van der Waals surface area contributed by atoms with Crippen LogP contribution in [-0.4, -0.2) is 76.3 Å². The molecule has 3 aromatic heterocycles. The third-order valence-electron chi connectivity index (χ3n) is 5.60. The molecule has 4 aromatic rings. The summed E-state index contributed by atoms with van der Waals surface area (Å²) in [5.41, 5.74) is -0.425. The first-order chi connectivity index (χ1) is 16.4. The maximum atomic E-state index is 13.5. The molecule has 0 radical (unpaired) electrons. The lowest BCUT2D eigenvalue weighted by Gasteiger charge is -2.22. The predicted molar refractivity (Wildman–Crippen MR) is 141 cm³/mol. The number of fused-ring (bicyclic) bond motifs is 2. The average molecular weight is 556 g/mol. The number of para-hydroxylation sites is 1. The third-order valence-corrected chi connectivity index (χ3v) is 7.77. The number of carbonyl (C=O) groups is 1. The second-order valence-electron chi connectivity index (χ2n) is 8.47. The number of likely N-dealkylation sites (N-methyl/N-ethyl adjacent to an activating group) is 1. The fourth-order valence-corrected chi connectivity index (χ4v) is 5.63. The van der Waals surface area contributed by atoms with Crippen LogP contribution in [0.25, 0.3) is 21.4 Å². The van der Waals surface area contributed by atoms with Gasteiger partial charge in [0.15, 0.2) is 26.1 Å². The molecule has 12 nitrogen and oxygen atoms in total. The minimum atomic E-state index is -3.51. The Kier molecular flexibility index (Phi) is 7.74. The molecular formula is C21H26ClN7O5S2. The highest BCUT2D eigenvalue weighted by molar-refractivity contribution is 7.91. The molecule has 1 amide bonds. The van der Waals surface area contributed by atoms with Gasteiger partial charge in [0.1, 0.15) is 12.1 Å². The van der Waals surface area contributed by atoms with Crippen LogP contribution in [0.1, 0.15) is 0 Å². The van der Waals surface area contributed by atoms with Crippen LogP contribution in [-0.2, 0) is 35.3 Å². The highest BCUT2D eigenvalue weighted by Crippen LogP contribution is 2.32. The second kappa shape index (κ2) is 10.1. The maximum absolute atomic E-state index is 13.5. The van der Waals surface area contributed by atoms with Crippen LogP contribution in [0.4, 0.5) is 5.13 Å². The van der Waals surface area contributed by atoms with Gasteiger partial charge in [-0.25, -0.2) is 23.2 Å². The zero-order chi connectivity index (χ0) is 25.7. The molecule has 0 bridgehead atoms. The Morgan fingerprint density at radius 1 is 1.11 bits per heavy atom. The van der Waals surface area contributed by atoms with Gasteiger partial charge in [0, 0.05) is 33.4 Å². The van der Waals surface area contributed by atoms with Crippen LogP contribution in [0, 0.1) is 0 Å². The number of sulfone groups is 1.